The van der Waals surface area contributed by atoms with Gasteiger partial charge < -0.3 is 10.5 Å². The van der Waals surface area contributed by atoms with Crippen molar-refractivity contribution in [3.63, 3.8) is 0 Å². The zero-order valence-electron chi connectivity index (χ0n) is 11.7. The normalized spacial score (nSPS) is 10.8. The molecule has 106 valence electrons. The number of ether oxygens (including phenoxy) is 1. The van der Waals surface area contributed by atoms with Crippen molar-refractivity contribution in [2.75, 3.05) is 7.11 Å². The van der Waals surface area contributed by atoms with Gasteiger partial charge in [-0.2, -0.15) is 0 Å². The molecule has 0 saturated heterocycles. The number of para-hydroxylation sites is 2. The largest absolute Gasteiger partial charge is 0.496 e. The third kappa shape index (κ3) is 2.86. The predicted octanol–water partition coefficient (Wildman–Crippen LogP) is 3.85. The average molecular weight is 296 g/mol. The molecule has 3 nitrogen and oxygen atoms in total. The van der Waals surface area contributed by atoms with E-state index in [1.54, 1.807) is 18.9 Å². The molecule has 3 aromatic rings. The standard InChI is InChI=1S/C17H16N2OS/c1-20-15-8-4-5-9-16(15)21-17-13(11-18)10-12-6-2-3-7-14(12)19-17/h2-10H,11,18H2,1H3. The fourth-order valence-electron chi connectivity index (χ4n) is 2.18. The highest BCUT2D eigenvalue weighted by atomic mass is 32.2. The van der Waals surface area contributed by atoms with Crippen LogP contribution >= 0.6 is 11.8 Å². The second-order valence-electron chi connectivity index (χ2n) is 4.60. The summed E-state index contributed by atoms with van der Waals surface area (Å²) in [7, 11) is 1.68. The molecular weight excluding hydrogens is 280 g/mol. The summed E-state index contributed by atoms with van der Waals surface area (Å²) in [6.45, 7) is 0.468. The van der Waals surface area contributed by atoms with Gasteiger partial charge in [0.2, 0.25) is 0 Å². The average Bonchev–Trinajstić information content (AvgIpc) is 2.54. The molecule has 0 amide bonds. The highest BCUT2D eigenvalue weighted by Crippen LogP contribution is 2.36. The quantitative estimate of drug-likeness (QED) is 0.794. The van der Waals surface area contributed by atoms with Crippen molar-refractivity contribution >= 4 is 22.7 Å². The van der Waals surface area contributed by atoms with Gasteiger partial charge in [0.15, 0.2) is 0 Å². The molecular formula is C17H16N2OS. The Bertz CT molecular complexity index is 774. The van der Waals surface area contributed by atoms with Crippen LogP contribution in [0.4, 0.5) is 0 Å². The summed E-state index contributed by atoms with van der Waals surface area (Å²) in [6.07, 6.45) is 0. The van der Waals surface area contributed by atoms with Gasteiger partial charge in [-0.15, -0.1) is 0 Å². The van der Waals surface area contributed by atoms with Crippen LogP contribution in [0.5, 0.6) is 5.75 Å². The SMILES string of the molecule is COc1ccccc1Sc1nc2ccccc2cc1CN. The van der Waals surface area contributed by atoms with Crippen LogP contribution in [-0.2, 0) is 6.54 Å². The second-order valence-corrected chi connectivity index (χ2v) is 5.63. The zero-order chi connectivity index (χ0) is 14.7. The molecule has 0 saturated carbocycles. The lowest BCUT2D eigenvalue weighted by molar-refractivity contribution is 0.405. The summed E-state index contributed by atoms with van der Waals surface area (Å²) in [6, 6.07) is 18.1. The van der Waals surface area contributed by atoms with E-state index >= 15 is 0 Å². The monoisotopic (exact) mass is 296 g/mol. The van der Waals surface area contributed by atoms with Gasteiger partial charge in [-0.3, -0.25) is 0 Å². The molecule has 4 heteroatoms. The molecule has 0 aliphatic heterocycles. The van der Waals surface area contributed by atoms with E-state index in [9.17, 15) is 0 Å². The van der Waals surface area contributed by atoms with E-state index in [1.807, 2.05) is 42.5 Å². The molecule has 0 radical (unpaired) electrons. The second kappa shape index (κ2) is 6.16. The van der Waals surface area contributed by atoms with Crippen molar-refractivity contribution in [1.82, 2.24) is 4.98 Å². The molecule has 1 aromatic heterocycles. The van der Waals surface area contributed by atoms with Gasteiger partial charge in [0, 0.05) is 11.9 Å². The number of fused-ring (bicyclic) bond motifs is 1. The summed E-state index contributed by atoms with van der Waals surface area (Å²) in [5, 5.41) is 2.04. The number of rotatable bonds is 4. The van der Waals surface area contributed by atoms with E-state index in [2.05, 4.69) is 12.1 Å². The van der Waals surface area contributed by atoms with Crippen molar-refractivity contribution in [1.29, 1.82) is 0 Å². The molecule has 0 spiro atoms. The van der Waals surface area contributed by atoms with Crippen molar-refractivity contribution in [3.05, 3.63) is 60.2 Å². The predicted molar refractivity (Wildman–Crippen MR) is 86.8 cm³/mol. The fourth-order valence-corrected chi connectivity index (χ4v) is 3.21. The van der Waals surface area contributed by atoms with Crippen molar-refractivity contribution in [3.8, 4) is 5.75 Å². The minimum Gasteiger partial charge on any atom is -0.496 e. The Morgan fingerprint density at radius 3 is 2.67 bits per heavy atom. The number of pyridine rings is 1. The van der Waals surface area contributed by atoms with Gasteiger partial charge in [0.25, 0.3) is 0 Å². The lowest BCUT2D eigenvalue weighted by Gasteiger charge is -2.11. The first-order chi connectivity index (χ1) is 10.3. The van der Waals surface area contributed by atoms with Gasteiger partial charge in [0.05, 0.1) is 17.5 Å². The van der Waals surface area contributed by atoms with Crippen LogP contribution in [0.15, 0.2) is 64.5 Å². The highest BCUT2D eigenvalue weighted by Gasteiger charge is 2.10. The van der Waals surface area contributed by atoms with Crippen molar-refractivity contribution in [2.45, 2.75) is 16.5 Å². The number of nitrogens with zero attached hydrogens (tertiary/aromatic N) is 1. The molecule has 0 aliphatic carbocycles. The van der Waals surface area contributed by atoms with Crippen LogP contribution in [0.25, 0.3) is 10.9 Å². The minimum atomic E-state index is 0.468. The topological polar surface area (TPSA) is 48.1 Å². The van der Waals surface area contributed by atoms with E-state index < -0.39 is 0 Å². The summed E-state index contributed by atoms with van der Waals surface area (Å²) in [5.41, 5.74) is 7.91. The molecule has 0 unspecified atom stereocenters. The molecule has 21 heavy (non-hydrogen) atoms. The number of aromatic nitrogens is 1. The van der Waals surface area contributed by atoms with E-state index in [1.165, 1.54) is 0 Å². The van der Waals surface area contributed by atoms with E-state index in [4.69, 9.17) is 15.5 Å². The van der Waals surface area contributed by atoms with E-state index in [0.717, 1.165) is 32.1 Å². The fraction of sp³-hybridized carbons (Fsp3) is 0.118. The summed E-state index contributed by atoms with van der Waals surface area (Å²) < 4.78 is 5.40. The number of benzene rings is 2. The van der Waals surface area contributed by atoms with Crippen LogP contribution in [0, 0.1) is 0 Å². The molecule has 2 N–H and O–H groups in total. The summed E-state index contributed by atoms with van der Waals surface area (Å²) >= 11 is 1.59. The Kier molecular flexibility index (Phi) is 4.08. The smallest absolute Gasteiger partial charge is 0.132 e. The van der Waals surface area contributed by atoms with Gasteiger partial charge in [-0.1, -0.05) is 42.1 Å². The Labute approximate surface area is 128 Å². The van der Waals surface area contributed by atoms with Gasteiger partial charge >= 0.3 is 0 Å². The first kappa shape index (κ1) is 13.9. The molecule has 3 rings (SSSR count). The maximum atomic E-state index is 5.88. The third-order valence-electron chi connectivity index (χ3n) is 3.26. The maximum absolute atomic E-state index is 5.88. The maximum Gasteiger partial charge on any atom is 0.132 e. The number of hydrogen-bond donors (Lipinski definition) is 1. The number of nitrogens with two attached hydrogens (primary N) is 1. The molecule has 1 heterocycles. The first-order valence-corrected chi connectivity index (χ1v) is 7.53. The van der Waals surface area contributed by atoms with Gasteiger partial charge in [-0.05, 0) is 29.8 Å². The Hall–Kier alpha value is -2.04. The molecule has 0 bridgehead atoms. The van der Waals surface area contributed by atoms with Crippen LogP contribution in [0.3, 0.4) is 0 Å². The lowest BCUT2D eigenvalue weighted by Crippen LogP contribution is -2.00. The Morgan fingerprint density at radius 1 is 1.10 bits per heavy atom. The summed E-state index contributed by atoms with van der Waals surface area (Å²) in [4.78, 5) is 5.78. The lowest BCUT2D eigenvalue weighted by atomic mass is 10.1. The molecule has 0 atom stereocenters. The van der Waals surface area contributed by atoms with E-state index in [0.29, 0.717) is 6.54 Å². The van der Waals surface area contributed by atoms with Crippen molar-refractivity contribution < 1.29 is 4.74 Å². The van der Waals surface area contributed by atoms with Crippen molar-refractivity contribution in [2.24, 2.45) is 5.73 Å². The number of methoxy groups -OCH3 is 1. The third-order valence-corrected chi connectivity index (χ3v) is 4.36. The molecule has 0 fully saturated rings. The zero-order valence-corrected chi connectivity index (χ0v) is 12.6. The van der Waals surface area contributed by atoms with E-state index in [-0.39, 0.29) is 0 Å². The molecule has 2 aromatic carbocycles. The Morgan fingerprint density at radius 2 is 1.86 bits per heavy atom. The van der Waals surface area contributed by atoms with Gasteiger partial charge in [-0.25, -0.2) is 4.98 Å². The van der Waals surface area contributed by atoms with Crippen LogP contribution in [0.2, 0.25) is 0 Å². The minimum absolute atomic E-state index is 0.468. The van der Waals surface area contributed by atoms with Gasteiger partial charge in [0.1, 0.15) is 10.8 Å². The first-order valence-electron chi connectivity index (χ1n) is 6.71. The van der Waals surface area contributed by atoms with Crippen LogP contribution in [-0.4, -0.2) is 12.1 Å². The Balaban J connectivity index is 2.06. The molecule has 0 aliphatic rings. The van der Waals surface area contributed by atoms with Crippen LogP contribution < -0.4 is 10.5 Å². The summed E-state index contributed by atoms with van der Waals surface area (Å²) in [5.74, 6) is 0.848. The highest BCUT2D eigenvalue weighted by molar-refractivity contribution is 7.99. The number of hydrogen-bond acceptors (Lipinski definition) is 4. The van der Waals surface area contributed by atoms with Crippen LogP contribution in [0.1, 0.15) is 5.56 Å².